The third-order valence-corrected chi connectivity index (χ3v) is 6.30. The Labute approximate surface area is 196 Å². The number of hydrogen-bond donors (Lipinski definition) is 0. The molecule has 0 fully saturated rings. The van der Waals surface area contributed by atoms with Crippen LogP contribution in [0.4, 0.5) is 13.2 Å². The second-order valence-corrected chi connectivity index (χ2v) is 8.71. The fourth-order valence-corrected chi connectivity index (χ4v) is 4.64. The first-order chi connectivity index (χ1) is 16.1. The lowest BCUT2D eigenvalue weighted by Crippen LogP contribution is -2.39. The third-order valence-electron chi connectivity index (χ3n) is 5.18. The van der Waals surface area contributed by atoms with Gasteiger partial charge in [0.2, 0.25) is 0 Å². The summed E-state index contributed by atoms with van der Waals surface area (Å²) in [5.74, 6) is 0. The van der Waals surface area contributed by atoms with Gasteiger partial charge in [-0.05, 0) is 41.8 Å². The molecule has 0 spiro atoms. The minimum Gasteiger partial charge on any atom is -0.286 e. The molecule has 4 heterocycles. The number of pyridine rings is 1. The van der Waals surface area contributed by atoms with Crippen LogP contribution < -0.4 is 16.8 Å². The molecule has 0 saturated heterocycles. The van der Waals surface area contributed by atoms with Crippen LogP contribution in [0.15, 0.2) is 74.5 Å². The van der Waals surface area contributed by atoms with Crippen molar-refractivity contribution < 1.29 is 13.2 Å². The van der Waals surface area contributed by atoms with Crippen molar-refractivity contribution in [2.75, 3.05) is 0 Å². The van der Waals surface area contributed by atoms with Crippen molar-refractivity contribution in [3.05, 3.63) is 108 Å². The first-order valence-corrected chi connectivity index (χ1v) is 11.0. The van der Waals surface area contributed by atoms with E-state index in [0.717, 1.165) is 29.5 Å². The van der Waals surface area contributed by atoms with E-state index in [4.69, 9.17) is 11.6 Å². The fraction of sp³-hybridized carbons (Fsp3) is 0.0909. The number of aromatic nitrogens is 4. The topological polar surface area (TPSA) is 78.4 Å². The molecule has 0 radical (unpaired) electrons. The molecule has 0 aliphatic rings. The van der Waals surface area contributed by atoms with E-state index in [1.807, 2.05) is 0 Å². The van der Waals surface area contributed by atoms with Gasteiger partial charge in [0.25, 0.3) is 11.1 Å². The molecular formula is C22H12ClF3N4O3S. The largest absolute Gasteiger partial charge is 0.416 e. The highest BCUT2D eigenvalue weighted by molar-refractivity contribution is 7.17. The summed E-state index contributed by atoms with van der Waals surface area (Å²) >= 11 is 6.99. The Morgan fingerprint density at radius 1 is 1.03 bits per heavy atom. The maximum atomic E-state index is 13.4. The van der Waals surface area contributed by atoms with Gasteiger partial charge in [0.05, 0.1) is 34.0 Å². The molecule has 5 aromatic rings. The highest BCUT2D eigenvalue weighted by atomic mass is 35.5. The number of thiophene rings is 1. The van der Waals surface area contributed by atoms with Crippen LogP contribution in [0.5, 0.6) is 0 Å². The predicted molar refractivity (Wildman–Crippen MR) is 122 cm³/mol. The Kier molecular flexibility index (Phi) is 5.18. The van der Waals surface area contributed by atoms with Crippen LogP contribution in [0.1, 0.15) is 11.3 Å². The SMILES string of the molecule is O=c1c2sccc2n(Cc2cc(=O)n3cc(Cl)ccc3n2)c(=O)n1-c1cccc(C(F)(F)F)c1. The summed E-state index contributed by atoms with van der Waals surface area (Å²) in [5, 5.41) is 1.94. The average Bonchev–Trinajstić information content (AvgIpc) is 3.27. The Balaban J connectivity index is 1.72. The summed E-state index contributed by atoms with van der Waals surface area (Å²) in [4.78, 5) is 43.3. The highest BCUT2D eigenvalue weighted by Crippen LogP contribution is 2.30. The molecule has 0 amide bonds. The summed E-state index contributed by atoms with van der Waals surface area (Å²) in [7, 11) is 0. The van der Waals surface area contributed by atoms with Gasteiger partial charge in [-0.3, -0.25) is 18.6 Å². The maximum absolute atomic E-state index is 13.4. The second-order valence-electron chi connectivity index (χ2n) is 7.35. The van der Waals surface area contributed by atoms with Crippen molar-refractivity contribution >= 4 is 38.8 Å². The van der Waals surface area contributed by atoms with Gasteiger partial charge < -0.3 is 0 Å². The van der Waals surface area contributed by atoms with E-state index in [9.17, 15) is 27.6 Å². The van der Waals surface area contributed by atoms with Crippen LogP contribution in [-0.4, -0.2) is 18.5 Å². The third kappa shape index (κ3) is 3.72. The number of benzene rings is 1. The number of alkyl halides is 3. The molecule has 34 heavy (non-hydrogen) atoms. The fourth-order valence-electron chi connectivity index (χ4n) is 3.66. The quantitative estimate of drug-likeness (QED) is 0.373. The molecule has 0 atom stereocenters. The first kappa shape index (κ1) is 22.1. The van der Waals surface area contributed by atoms with E-state index in [-0.39, 0.29) is 22.6 Å². The zero-order valence-electron chi connectivity index (χ0n) is 16.9. The summed E-state index contributed by atoms with van der Waals surface area (Å²) < 4.78 is 43.0. The molecule has 0 bridgehead atoms. The summed E-state index contributed by atoms with van der Waals surface area (Å²) in [5.41, 5.74) is -2.39. The van der Waals surface area contributed by atoms with Crippen LogP contribution in [0, 0.1) is 0 Å². The molecule has 0 N–H and O–H groups in total. The minimum absolute atomic E-state index is 0.181. The number of nitrogens with zero attached hydrogens (tertiary/aromatic N) is 4. The van der Waals surface area contributed by atoms with Crippen LogP contribution in [0.2, 0.25) is 5.02 Å². The van der Waals surface area contributed by atoms with Crippen LogP contribution in [-0.2, 0) is 12.7 Å². The van der Waals surface area contributed by atoms with E-state index in [1.165, 1.54) is 27.3 Å². The lowest BCUT2D eigenvalue weighted by Gasteiger charge is -2.14. The van der Waals surface area contributed by atoms with Gasteiger partial charge in [0, 0.05) is 12.3 Å². The second kappa shape index (κ2) is 7.96. The van der Waals surface area contributed by atoms with Gasteiger partial charge in [-0.15, -0.1) is 11.3 Å². The van der Waals surface area contributed by atoms with Crippen LogP contribution in [0.3, 0.4) is 0 Å². The van der Waals surface area contributed by atoms with Gasteiger partial charge in [0.15, 0.2) is 0 Å². The van der Waals surface area contributed by atoms with Crippen molar-refractivity contribution in [1.82, 2.24) is 18.5 Å². The van der Waals surface area contributed by atoms with Gasteiger partial charge in [-0.2, -0.15) is 13.2 Å². The van der Waals surface area contributed by atoms with Gasteiger partial charge in [-0.1, -0.05) is 17.7 Å². The minimum atomic E-state index is -4.65. The van der Waals surface area contributed by atoms with Crippen molar-refractivity contribution in [3.8, 4) is 5.69 Å². The number of hydrogen-bond acceptors (Lipinski definition) is 5. The Morgan fingerprint density at radius 3 is 2.59 bits per heavy atom. The summed E-state index contributed by atoms with van der Waals surface area (Å²) in [6, 6.07) is 9.88. The smallest absolute Gasteiger partial charge is 0.286 e. The molecule has 12 heteroatoms. The average molecular weight is 505 g/mol. The Hall–Kier alpha value is -3.70. The predicted octanol–water partition coefficient (Wildman–Crippen LogP) is 3.94. The Morgan fingerprint density at radius 2 is 1.82 bits per heavy atom. The molecule has 1 aromatic carbocycles. The molecule has 4 aromatic heterocycles. The summed E-state index contributed by atoms with van der Waals surface area (Å²) in [6.07, 6.45) is -3.24. The van der Waals surface area contributed by atoms with Gasteiger partial charge in [-0.25, -0.2) is 14.3 Å². The van der Waals surface area contributed by atoms with Gasteiger partial charge in [0.1, 0.15) is 10.3 Å². The molecule has 0 unspecified atom stereocenters. The van der Waals surface area contributed by atoms with Crippen molar-refractivity contribution in [2.24, 2.45) is 0 Å². The normalized spacial score (nSPS) is 12.0. The number of fused-ring (bicyclic) bond motifs is 2. The Bertz CT molecular complexity index is 1770. The molecule has 5 rings (SSSR count). The first-order valence-electron chi connectivity index (χ1n) is 9.72. The number of rotatable bonds is 3. The van der Waals surface area contributed by atoms with E-state index in [0.29, 0.717) is 20.8 Å². The lowest BCUT2D eigenvalue weighted by atomic mass is 10.2. The standard InChI is InChI=1S/C22H12ClF3N4O3S/c23-13-4-5-17-27-14(9-18(31)29(17)10-13)11-28-16-6-7-34-19(16)20(32)30(21(28)33)15-3-1-2-12(8-15)22(24,25)26/h1-10H,11H2. The van der Waals surface area contributed by atoms with E-state index in [1.54, 1.807) is 23.6 Å². The van der Waals surface area contributed by atoms with Crippen molar-refractivity contribution in [2.45, 2.75) is 12.7 Å². The van der Waals surface area contributed by atoms with Crippen LogP contribution in [0.25, 0.3) is 21.6 Å². The highest BCUT2D eigenvalue weighted by Gasteiger charge is 2.31. The van der Waals surface area contributed by atoms with Crippen molar-refractivity contribution in [3.63, 3.8) is 0 Å². The molecule has 0 aliphatic carbocycles. The molecule has 7 nitrogen and oxygen atoms in total. The molecule has 0 aliphatic heterocycles. The molecule has 172 valence electrons. The maximum Gasteiger partial charge on any atom is 0.416 e. The monoisotopic (exact) mass is 504 g/mol. The zero-order valence-corrected chi connectivity index (χ0v) is 18.5. The van der Waals surface area contributed by atoms with Gasteiger partial charge >= 0.3 is 11.9 Å². The lowest BCUT2D eigenvalue weighted by molar-refractivity contribution is -0.137. The van der Waals surface area contributed by atoms with E-state index < -0.39 is 28.5 Å². The summed E-state index contributed by atoms with van der Waals surface area (Å²) in [6.45, 7) is -0.181. The van der Waals surface area contributed by atoms with Crippen molar-refractivity contribution in [1.29, 1.82) is 0 Å². The van der Waals surface area contributed by atoms with Crippen LogP contribution >= 0.6 is 22.9 Å². The van der Waals surface area contributed by atoms with E-state index >= 15 is 0 Å². The zero-order chi connectivity index (χ0) is 24.2. The van der Waals surface area contributed by atoms with E-state index in [2.05, 4.69) is 4.98 Å². The number of halogens is 4. The molecule has 0 saturated carbocycles. The molecular weight excluding hydrogens is 493 g/mol.